The smallest absolute Gasteiger partial charge is 0.168 e. The van der Waals surface area contributed by atoms with E-state index in [1.54, 1.807) is 0 Å². The van der Waals surface area contributed by atoms with Gasteiger partial charge < -0.3 is 4.52 Å². The SMILES string of the molecule is CCCC(=O)c1c(-c2ccc(C)cc2)noc1CN1CCCC1.Cl. The lowest BCUT2D eigenvalue weighted by Crippen LogP contribution is -2.19. The van der Waals surface area contributed by atoms with E-state index >= 15 is 0 Å². The van der Waals surface area contributed by atoms with Crippen LogP contribution in [-0.4, -0.2) is 28.9 Å². The summed E-state index contributed by atoms with van der Waals surface area (Å²) < 4.78 is 5.60. The average Bonchev–Trinajstić information content (AvgIpc) is 3.18. The molecule has 1 aromatic heterocycles. The molecule has 0 unspecified atom stereocenters. The van der Waals surface area contributed by atoms with E-state index in [9.17, 15) is 4.79 Å². The number of halogens is 1. The van der Waals surface area contributed by atoms with Crippen LogP contribution in [0.2, 0.25) is 0 Å². The van der Waals surface area contributed by atoms with Gasteiger partial charge >= 0.3 is 0 Å². The van der Waals surface area contributed by atoms with Gasteiger partial charge in [0, 0.05) is 12.0 Å². The Bertz CT molecular complexity index is 673. The molecule has 2 aromatic rings. The van der Waals surface area contributed by atoms with Crippen molar-refractivity contribution >= 4 is 18.2 Å². The summed E-state index contributed by atoms with van der Waals surface area (Å²) in [5, 5.41) is 4.24. The van der Waals surface area contributed by atoms with Gasteiger partial charge in [-0.3, -0.25) is 9.69 Å². The number of carbonyl (C=O) groups excluding carboxylic acids is 1. The quantitative estimate of drug-likeness (QED) is 0.713. The van der Waals surface area contributed by atoms with Gasteiger partial charge in [-0.25, -0.2) is 0 Å². The zero-order valence-corrected chi connectivity index (χ0v) is 15.2. The van der Waals surface area contributed by atoms with Gasteiger partial charge in [-0.15, -0.1) is 12.4 Å². The molecule has 1 aliphatic rings. The molecule has 5 heteroatoms. The highest BCUT2D eigenvalue weighted by Gasteiger charge is 2.25. The number of rotatable bonds is 6. The summed E-state index contributed by atoms with van der Waals surface area (Å²) in [7, 11) is 0. The molecule has 0 saturated carbocycles. The molecular formula is C19H25ClN2O2. The predicted molar refractivity (Wildman–Crippen MR) is 97.7 cm³/mol. The molecule has 0 radical (unpaired) electrons. The maximum absolute atomic E-state index is 12.6. The first-order valence-corrected chi connectivity index (χ1v) is 8.50. The van der Waals surface area contributed by atoms with E-state index < -0.39 is 0 Å². The Labute approximate surface area is 149 Å². The van der Waals surface area contributed by atoms with Crippen LogP contribution < -0.4 is 0 Å². The van der Waals surface area contributed by atoms with Crippen molar-refractivity contribution in [1.82, 2.24) is 10.1 Å². The first kappa shape index (κ1) is 18.7. The van der Waals surface area contributed by atoms with Crippen molar-refractivity contribution < 1.29 is 9.32 Å². The zero-order valence-electron chi connectivity index (χ0n) is 14.4. The molecule has 0 spiro atoms. The van der Waals surface area contributed by atoms with Gasteiger partial charge in [0.15, 0.2) is 11.5 Å². The first-order chi connectivity index (χ1) is 11.2. The maximum Gasteiger partial charge on any atom is 0.168 e. The topological polar surface area (TPSA) is 46.3 Å². The molecule has 1 fully saturated rings. The number of Topliss-reactive ketones (excluding diaryl/α,β-unsaturated/α-hetero) is 1. The van der Waals surface area contributed by atoms with E-state index in [2.05, 4.69) is 17.0 Å². The largest absolute Gasteiger partial charge is 0.359 e. The number of benzene rings is 1. The van der Waals surface area contributed by atoms with Gasteiger partial charge in [0.05, 0.1) is 12.1 Å². The number of hydrogen-bond donors (Lipinski definition) is 0. The molecule has 0 aliphatic carbocycles. The molecule has 4 nitrogen and oxygen atoms in total. The summed E-state index contributed by atoms with van der Waals surface area (Å²) in [5.41, 5.74) is 3.52. The fourth-order valence-corrected chi connectivity index (χ4v) is 3.12. The van der Waals surface area contributed by atoms with Crippen LogP contribution in [0.1, 0.15) is 54.3 Å². The van der Waals surface area contributed by atoms with Crippen LogP contribution in [0.5, 0.6) is 0 Å². The third-order valence-corrected chi connectivity index (χ3v) is 4.41. The highest BCUT2D eigenvalue weighted by Crippen LogP contribution is 2.29. The van der Waals surface area contributed by atoms with Gasteiger partial charge in [-0.05, 0) is 39.3 Å². The molecule has 0 bridgehead atoms. The average molecular weight is 349 g/mol. The number of ketones is 1. The van der Waals surface area contributed by atoms with Crippen LogP contribution in [0.4, 0.5) is 0 Å². The van der Waals surface area contributed by atoms with Gasteiger partial charge in [-0.2, -0.15) is 0 Å². The Morgan fingerprint density at radius 1 is 1.21 bits per heavy atom. The summed E-state index contributed by atoms with van der Waals surface area (Å²) >= 11 is 0. The molecule has 0 N–H and O–H groups in total. The summed E-state index contributed by atoms with van der Waals surface area (Å²) in [6.45, 7) is 6.90. The van der Waals surface area contributed by atoms with Crippen LogP contribution in [0, 0.1) is 6.92 Å². The molecule has 0 amide bonds. The standard InChI is InChI=1S/C19H24N2O2.ClH/c1-3-6-16(22)18-17(13-21-11-4-5-12-21)23-20-19(18)15-9-7-14(2)8-10-15;/h7-10H,3-6,11-13H2,1-2H3;1H. The van der Waals surface area contributed by atoms with Crippen LogP contribution in [0.3, 0.4) is 0 Å². The fraction of sp³-hybridized carbons (Fsp3) is 0.474. The lowest BCUT2D eigenvalue weighted by molar-refractivity contribution is 0.0979. The summed E-state index contributed by atoms with van der Waals surface area (Å²) in [5.74, 6) is 0.861. The maximum atomic E-state index is 12.6. The lowest BCUT2D eigenvalue weighted by Gasteiger charge is -2.12. The number of aromatic nitrogens is 1. The number of carbonyl (C=O) groups is 1. The van der Waals surface area contributed by atoms with E-state index in [0.717, 1.165) is 30.8 Å². The van der Waals surface area contributed by atoms with Gasteiger partial charge in [0.2, 0.25) is 0 Å². The van der Waals surface area contributed by atoms with Crippen LogP contribution >= 0.6 is 12.4 Å². The minimum absolute atomic E-state index is 0. The highest BCUT2D eigenvalue weighted by atomic mass is 35.5. The molecule has 1 saturated heterocycles. The molecule has 130 valence electrons. The van der Waals surface area contributed by atoms with Crippen molar-refractivity contribution in [2.75, 3.05) is 13.1 Å². The van der Waals surface area contributed by atoms with E-state index in [0.29, 0.717) is 24.2 Å². The van der Waals surface area contributed by atoms with Gasteiger partial charge in [-0.1, -0.05) is 41.9 Å². The third kappa shape index (κ3) is 4.05. The van der Waals surface area contributed by atoms with E-state index in [1.807, 2.05) is 31.2 Å². The normalized spacial score (nSPS) is 14.6. The Morgan fingerprint density at radius 2 is 1.88 bits per heavy atom. The Kier molecular flexibility index (Phi) is 6.58. The minimum atomic E-state index is 0. The van der Waals surface area contributed by atoms with Crippen molar-refractivity contribution in [2.45, 2.75) is 46.1 Å². The summed E-state index contributed by atoms with van der Waals surface area (Å²) in [6, 6.07) is 8.10. The molecule has 2 heterocycles. The molecular weight excluding hydrogens is 324 g/mol. The highest BCUT2D eigenvalue weighted by molar-refractivity contribution is 6.02. The van der Waals surface area contributed by atoms with Crippen LogP contribution in [0.25, 0.3) is 11.3 Å². The van der Waals surface area contributed by atoms with E-state index in [-0.39, 0.29) is 18.2 Å². The lowest BCUT2D eigenvalue weighted by atomic mass is 9.99. The number of hydrogen-bond acceptors (Lipinski definition) is 4. The van der Waals surface area contributed by atoms with Crippen LogP contribution in [0.15, 0.2) is 28.8 Å². The van der Waals surface area contributed by atoms with Crippen LogP contribution in [-0.2, 0) is 6.54 Å². The second-order valence-corrected chi connectivity index (χ2v) is 6.35. The molecule has 3 rings (SSSR count). The van der Waals surface area contributed by atoms with Crippen molar-refractivity contribution in [3.05, 3.63) is 41.2 Å². The fourth-order valence-electron chi connectivity index (χ4n) is 3.12. The zero-order chi connectivity index (χ0) is 16.2. The molecule has 0 atom stereocenters. The van der Waals surface area contributed by atoms with Gasteiger partial charge in [0.1, 0.15) is 5.69 Å². The number of aryl methyl sites for hydroxylation is 1. The predicted octanol–water partition coefficient (Wildman–Crippen LogP) is 4.65. The Hall–Kier alpha value is -1.65. The van der Waals surface area contributed by atoms with E-state index in [1.165, 1.54) is 18.4 Å². The summed E-state index contributed by atoms with van der Waals surface area (Å²) in [6.07, 6.45) is 3.81. The van der Waals surface area contributed by atoms with Crippen molar-refractivity contribution in [1.29, 1.82) is 0 Å². The first-order valence-electron chi connectivity index (χ1n) is 8.50. The number of likely N-dealkylation sites (tertiary alicyclic amines) is 1. The third-order valence-electron chi connectivity index (χ3n) is 4.41. The molecule has 1 aliphatic heterocycles. The Morgan fingerprint density at radius 3 is 2.50 bits per heavy atom. The van der Waals surface area contributed by atoms with Gasteiger partial charge in [0.25, 0.3) is 0 Å². The minimum Gasteiger partial charge on any atom is -0.359 e. The second-order valence-electron chi connectivity index (χ2n) is 6.35. The second kappa shape index (κ2) is 8.45. The number of nitrogens with zero attached hydrogens (tertiary/aromatic N) is 2. The van der Waals surface area contributed by atoms with Crippen molar-refractivity contribution in [3.8, 4) is 11.3 Å². The monoisotopic (exact) mass is 348 g/mol. The van der Waals surface area contributed by atoms with E-state index in [4.69, 9.17) is 4.52 Å². The molecule has 24 heavy (non-hydrogen) atoms. The summed E-state index contributed by atoms with van der Waals surface area (Å²) in [4.78, 5) is 15.0. The van der Waals surface area contributed by atoms with Crippen molar-refractivity contribution in [2.24, 2.45) is 0 Å². The molecule has 1 aromatic carbocycles. The Balaban J connectivity index is 0.00000208. The van der Waals surface area contributed by atoms with Crippen molar-refractivity contribution in [3.63, 3.8) is 0 Å².